The van der Waals surface area contributed by atoms with Gasteiger partial charge in [-0.2, -0.15) is 15.0 Å². The van der Waals surface area contributed by atoms with Gasteiger partial charge >= 0.3 is 0 Å². The van der Waals surface area contributed by atoms with E-state index in [4.69, 9.17) is 0 Å². The molecule has 1 amide bonds. The lowest BCUT2D eigenvalue weighted by Gasteiger charge is -2.11. The molecule has 0 aliphatic carbocycles. The van der Waals surface area contributed by atoms with Crippen molar-refractivity contribution in [1.29, 1.82) is 0 Å². The smallest absolute Gasteiger partial charge is 0.234 e. The molecule has 7 nitrogen and oxygen atoms in total. The summed E-state index contributed by atoms with van der Waals surface area (Å²) in [4.78, 5) is 25.8. The van der Waals surface area contributed by atoms with E-state index in [-0.39, 0.29) is 17.5 Å². The number of amides is 1. The number of carbonyl (C=O) groups excluding carboxylic acids is 1. The monoisotopic (exact) mass is 474 g/mol. The molecule has 0 saturated carbocycles. The van der Waals surface area contributed by atoms with Gasteiger partial charge in [0, 0.05) is 17.1 Å². The van der Waals surface area contributed by atoms with Crippen LogP contribution in [0.15, 0.2) is 78.0 Å². The molecule has 1 heterocycles. The number of halogens is 1. The van der Waals surface area contributed by atoms with Gasteiger partial charge in [-0.05, 0) is 62.4 Å². The molecule has 0 saturated heterocycles. The fraction of sp³-hybridized carbons (Fsp3) is 0.120. The van der Waals surface area contributed by atoms with Crippen LogP contribution in [0.3, 0.4) is 0 Å². The summed E-state index contributed by atoms with van der Waals surface area (Å²) in [6.07, 6.45) is 0. The number of hydrogen-bond acceptors (Lipinski definition) is 7. The zero-order valence-electron chi connectivity index (χ0n) is 18.7. The number of nitrogens with one attached hydrogen (secondary N) is 3. The Bertz CT molecular complexity index is 1200. The van der Waals surface area contributed by atoms with Gasteiger partial charge < -0.3 is 16.0 Å². The first kappa shape index (κ1) is 23.2. The maximum absolute atomic E-state index is 13.1. The van der Waals surface area contributed by atoms with Crippen LogP contribution in [0.25, 0.3) is 0 Å². The lowest BCUT2D eigenvalue weighted by Crippen LogP contribution is -2.14. The molecule has 3 N–H and O–H groups in total. The van der Waals surface area contributed by atoms with Gasteiger partial charge in [0.15, 0.2) is 5.16 Å². The van der Waals surface area contributed by atoms with Crippen molar-refractivity contribution in [3.63, 3.8) is 0 Å². The first-order valence-corrected chi connectivity index (χ1v) is 11.5. The molecule has 172 valence electrons. The average molecular weight is 475 g/mol. The molecule has 0 spiro atoms. The van der Waals surface area contributed by atoms with Crippen molar-refractivity contribution in [3.8, 4) is 0 Å². The summed E-state index contributed by atoms with van der Waals surface area (Å²) >= 11 is 1.18. The van der Waals surface area contributed by atoms with Crippen LogP contribution in [0, 0.1) is 19.7 Å². The van der Waals surface area contributed by atoms with E-state index in [1.54, 1.807) is 0 Å². The number of hydrogen-bond donors (Lipinski definition) is 3. The highest BCUT2D eigenvalue weighted by molar-refractivity contribution is 7.99. The predicted molar refractivity (Wildman–Crippen MR) is 135 cm³/mol. The molecule has 0 aliphatic rings. The van der Waals surface area contributed by atoms with Gasteiger partial charge in [-0.3, -0.25) is 4.79 Å². The maximum atomic E-state index is 13.1. The number of rotatable bonds is 8. The third-order valence-electron chi connectivity index (χ3n) is 4.69. The minimum Gasteiger partial charge on any atom is -0.325 e. The summed E-state index contributed by atoms with van der Waals surface area (Å²) in [5.74, 6) is 0.178. The third-order valence-corrected chi connectivity index (χ3v) is 5.54. The van der Waals surface area contributed by atoms with E-state index < -0.39 is 0 Å². The highest BCUT2D eigenvalue weighted by Crippen LogP contribution is 2.22. The molecule has 0 fully saturated rings. The van der Waals surface area contributed by atoms with Gasteiger partial charge in [0.2, 0.25) is 17.8 Å². The standard InChI is InChI=1S/C25H23FN6OS/c1-16-3-9-20(10-4-16)28-23-30-24(29-21-11-5-17(2)6-12-21)32-25(31-23)34-15-22(33)27-19-13-7-18(26)8-14-19/h3-14H,15H2,1-2H3,(H,27,33)(H2,28,29,30,31,32). The highest BCUT2D eigenvalue weighted by atomic mass is 32.2. The Kier molecular flexibility index (Phi) is 7.34. The van der Waals surface area contributed by atoms with Crippen LogP contribution in [-0.4, -0.2) is 26.6 Å². The van der Waals surface area contributed by atoms with E-state index in [0.29, 0.717) is 22.7 Å². The number of aromatic nitrogens is 3. The van der Waals surface area contributed by atoms with Crippen molar-refractivity contribution >= 4 is 46.6 Å². The van der Waals surface area contributed by atoms with Gasteiger partial charge in [-0.15, -0.1) is 0 Å². The fourth-order valence-corrected chi connectivity index (χ4v) is 3.56. The minimum absolute atomic E-state index is 0.0787. The molecule has 3 aromatic carbocycles. The lowest BCUT2D eigenvalue weighted by atomic mass is 10.2. The number of anilines is 5. The Labute approximate surface area is 201 Å². The van der Waals surface area contributed by atoms with Crippen LogP contribution in [0.4, 0.5) is 33.3 Å². The predicted octanol–water partition coefficient (Wildman–Crippen LogP) is 5.85. The van der Waals surface area contributed by atoms with E-state index in [9.17, 15) is 9.18 Å². The SMILES string of the molecule is Cc1ccc(Nc2nc(Nc3ccc(C)cc3)nc(SCC(=O)Nc3ccc(F)cc3)n2)cc1. The van der Waals surface area contributed by atoms with Crippen LogP contribution >= 0.6 is 11.8 Å². The summed E-state index contributed by atoms with van der Waals surface area (Å²) in [5, 5.41) is 9.49. The van der Waals surface area contributed by atoms with Gasteiger partial charge in [-0.25, -0.2) is 4.39 Å². The number of aryl methyl sites for hydroxylation is 2. The van der Waals surface area contributed by atoms with Gasteiger partial charge in [-0.1, -0.05) is 47.2 Å². The molecule has 9 heteroatoms. The zero-order chi connectivity index (χ0) is 23.9. The highest BCUT2D eigenvalue weighted by Gasteiger charge is 2.11. The van der Waals surface area contributed by atoms with Gasteiger partial charge in [0.05, 0.1) is 5.75 Å². The van der Waals surface area contributed by atoms with E-state index in [1.165, 1.54) is 36.0 Å². The van der Waals surface area contributed by atoms with E-state index in [0.717, 1.165) is 22.5 Å². The Morgan fingerprint density at radius 2 is 1.21 bits per heavy atom. The molecule has 4 aromatic rings. The number of thioether (sulfide) groups is 1. The third kappa shape index (κ3) is 6.76. The molecule has 4 rings (SSSR count). The Morgan fingerprint density at radius 3 is 1.71 bits per heavy atom. The largest absolute Gasteiger partial charge is 0.325 e. The van der Waals surface area contributed by atoms with Crippen molar-refractivity contribution in [3.05, 3.63) is 89.7 Å². The molecule has 0 bridgehead atoms. The van der Waals surface area contributed by atoms with Gasteiger partial charge in [0.1, 0.15) is 5.82 Å². The van der Waals surface area contributed by atoms with Crippen molar-refractivity contribution in [1.82, 2.24) is 15.0 Å². The van der Waals surface area contributed by atoms with Crippen LogP contribution < -0.4 is 16.0 Å². The number of benzene rings is 3. The molecule has 0 radical (unpaired) electrons. The van der Waals surface area contributed by atoms with Crippen molar-refractivity contribution in [2.24, 2.45) is 0 Å². The first-order valence-electron chi connectivity index (χ1n) is 10.5. The lowest BCUT2D eigenvalue weighted by molar-refractivity contribution is -0.113. The molecular weight excluding hydrogens is 451 g/mol. The Morgan fingerprint density at radius 1 is 0.735 bits per heavy atom. The topological polar surface area (TPSA) is 91.8 Å². The molecule has 1 aromatic heterocycles. The summed E-state index contributed by atoms with van der Waals surface area (Å²) in [6.45, 7) is 4.03. The normalized spacial score (nSPS) is 10.6. The van der Waals surface area contributed by atoms with Crippen LogP contribution in [-0.2, 0) is 4.79 Å². The second-order valence-electron chi connectivity index (χ2n) is 7.59. The van der Waals surface area contributed by atoms with Crippen LogP contribution in [0.2, 0.25) is 0 Å². The van der Waals surface area contributed by atoms with E-state index in [1.807, 2.05) is 62.4 Å². The van der Waals surface area contributed by atoms with Gasteiger partial charge in [0.25, 0.3) is 0 Å². The van der Waals surface area contributed by atoms with Crippen LogP contribution in [0.1, 0.15) is 11.1 Å². The summed E-state index contributed by atoms with van der Waals surface area (Å²) < 4.78 is 13.1. The summed E-state index contributed by atoms with van der Waals surface area (Å²) in [6, 6.07) is 21.3. The zero-order valence-corrected chi connectivity index (χ0v) is 19.5. The second-order valence-corrected chi connectivity index (χ2v) is 8.53. The second kappa shape index (κ2) is 10.8. The van der Waals surface area contributed by atoms with Crippen molar-refractivity contribution < 1.29 is 9.18 Å². The number of carbonyl (C=O) groups is 1. The van der Waals surface area contributed by atoms with Crippen molar-refractivity contribution in [2.45, 2.75) is 19.0 Å². The minimum atomic E-state index is -0.361. The average Bonchev–Trinajstić information content (AvgIpc) is 2.82. The fourth-order valence-electron chi connectivity index (χ4n) is 2.93. The maximum Gasteiger partial charge on any atom is 0.234 e. The van der Waals surface area contributed by atoms with Crippen molar-refractivity contribution in [2.75, 3.05) is 21.7 Å². The summed E-state index contributed by atoms with van der Waals surface area (Å²) in [7, 11) is 0. The number of nitrogens with zero attached hydrogens (tertiary/aromatic N) is 3. The Hall–Kier alpha value is -3.98. The molecule has 0 aliphatic heterocycles. The molecule has 34 heavy (non-hydrogen) atoms. The quantitative estimate of drug-likeness (QED) is 0.276. The molecule has 0 unspecified atom stereocenters. The molecule has 0 atom stereocenters. The Balaban J connectivity index is 1.50. The summed E-state index contributed by atoms with van der Waals surface area (Å²) in [5.41, 5.74) is 4.48. The molecular formula is C25H23FN6OS. The van der Waals surface area contributed by atoms with Crippen LogP contribution in [0.5, 0.6) is 0 Å². The first-order chi connectivity index (χ1) is 16.4. The van der Waals surface area contributed by atoms with E-state index in [2.05, 4.69) is 30.9 Å². The van der Waals surface area contributed by atoms with E-state index >= 15 is 0 Å².